The first-order valence-electron chi connectivity index (χ1n) is 5.31. The fraction of sp³-hybridized carbons (Fsp3) is 0.364. The lowest BCUT2D eigenvalue weighted by atomic mass is 10.5. The van der Waals surface area contributed by atoms with Crippen molar-refractivity contribution in [1.29, 1.82) is 0 Å². The zero-order valence-corrected chi connectivity index (χ0v) is 10.6. The van der Waals surface area contributed by atoms with E-state index < -0.39 is 15.6 Å². The summed E-state index contributed by atoms with van der Waals surface area (Å²) >= 11 is 0. The van der Waals surface area contributed by atoms with Crippen LogP contribution >= 0.6 is 0 Å². The first kappa shape index (κ1) is 14.5. The van der Waals surface area contributed by atoms with Crippen LogP contribution in [-0.4, -0.2) is 43.4 Å². The fourth-order valence-corrected chi connectivity index (χ4v) is 2.47. The van der Waals surface area contributed by atoms with Gasteiger partial charge in [0.15, 0.2) is 22.1 Å². The standard InChI is InChI=1S/C11H15NO5S/c13-6-2-1-5-12-11(14)9-18(15,16)8-10-4-3-7-17-10/h1-4,7,13H,5-6,8-9H2,(H,12,14)/p+1/b2-1+. The van der Waals surface area contributed by atoms with Gasteiger partial charge in [0.05, 0.1) is 12.9 Å². The topological polar surface area (TPSA) is 102 Å². The average Bonchev–Trinajstić information content (AvgIpc) is 2.75. The highest BCUT2D eigenvalue weighted by Crippen LogP contribution is 2.06. The molecule has 0 radical (unpaired) electrons. The van der Waals surface area contributed by atoms with Crippen molar-refractivity contribution in [3.63, 3.8) is 0 Å². The van der Waals surface area contributed by atoms with Gasteiger partial charge in [0, 0.05) is 0 Å². The molecule has 0 spiro atoms. The molecule has 0 fully saturated rings. The lowest BCUT2D eigenvalue weighted by Gasteiger charge is -1.97. The van der Waals surface area contributed by atoms with Gasteiger partial charge < -0.3 is 14.6 Å². The molecule has 1 heterocycles. The molecule has 0 unspecified atom stereocenters. The van der Waals surface area contributed by atoms with Crippen molar-refractivity contribution in [1.82, 2.24) is 0 Å². The van der Waals surface area contributed by atoms with E-state index in [0.29, 0.717) is 5.76 Å². The number of hydrogen-bond donors (Lipinski definition) is 3. The van der Waals surface area contributed by atoms with Crippen LogP contribution in [0.2, 0.25) is 0 Å². The Bertz CT molecular complexity index is 502. The Hall–Kier alpha value is -1.60. The summed E-state index contributed by atoms with van der Waals surface area (Å²) in [5.41, 5.74) is 0. The van der Waals surface area contributed by atoms with Crippen LogP contribution < -0.4 is 4.99 Å². The van der Waals surface area contributed by atoms with Crippen molar-refractivity contribution >= 4 is 15.7 Å². The lowest BCUT2D eigenvalue weighted by molar-refractivity contribution is -0.454. The van der Waals surface area contributed by atoms with Gasteiger partial charge in [-0.05, 0) is 18.2 Å². The summed E-state index contributed by atoms with van der Waals surface area (Å²) in [6.07, 6.45) is 4.46. The van der Waals surface area contributed by atoms with Crippen LogP contribution in [0.1, 0.15) is 5.76 Å². The van der Waals surface area contributed by atoms with Crippen LogP contribution in [-0.2, 0) is 15.6 Å². The molecule has 7 heteroatoms. The molecule has 18 heavy (non-hydrogen) atoms. The van der Waals surface area contributed by atoms with Gasteiger partial charge in [-0.2, -0.15) is 0 Å². The number of sulfone groups is 1. The third kappa shape index (κ3) is 5.65. The van der Waals surface area contributed by atoms with Crippen LogP contribution in [0.15, 0.2) is 35.0 Å². The smallest absolute Gasteiger partial charge is 0.348 e. The Labute approximate surface area is 105 Å². The average molecular weight is 274 g/mol. The Kier molecular flexibility index (Phi) is 5.60. The van der Waals surface area contributed by atoms with Gasteiger partial charge in [-0.1, -0.05) is 6.08 Å². The predicted molar refractivity (Wildman–Crippen MR) is 65.9 cm³/mol. The normalized spacial score (nSPS) is 13.3. The highest BCUT2D eigenvalue weighted by molar-refractivity contribution is 7.91. The number of aliphatic hydroxyl groups is 2. The van der Waals surface area contributed by atoms with E-state index in [4.69, 9.17) is 9.52 Å². The summed E-state index contributed by atoms with van der Waals surface area (Å²) in [6, 6.07) is 3.17. The minimum Gasteiger partial charge on any atom is -0.468 e. The zero-order chi connectivity index (χ0) is 13.4. The zero-order valence-electron chi connectivity index (χ0n) is 9.74. The Balaban J connectivity index is 2.52. The molecule has 0 aromatic carbocycles. The van der Waals surface area contributed by atoms with Gasteiger partial charge in [0.25, 0.3) is 0 Å². The molecule has 100 valence electrons. The second-order valence-corrected chi connectivity index (χ2v) is 5.66. The molecule has 0 bridgehead atoms. The summed E-state index contributed by atoms with van der Waals surface area (Å²) in [6.45, 7) is 0.155. The first-order valence-corrected chi connectivity index (χ1v) is 7.13. The number of rotatable bonds is 7. The molecule has 0 aliphatic carbocycles. The van der Waals surface area contributed by atoms with E-state index in [1.807, 2.05) is 0 Å². The Morgan fingerprint density at radius 2 is 2.22 bits per heavy atom. The largest absolute Gasteiger partial charge is 0.468 e. The monoisotopic (exact) mass is 274 g/mol. The van der Waals surface area contributed by atoms with Gasteiger partial charge in [-0.25, -0.2) is 13.4 Å². The van der Waals surface area contributed by atoms with Gasteiger partial charge in [-0.15, -0.1) is 0 Å². The maximum atomic E-state index is 11.7. The minimum absolute atomic E-state index is 0.0980. The predicted octanol–water partition coefficient (Wildman–Crippen LogP) is -1.22. The van der Waals surface area contributed by atoms with Crippen LogP contribution in [0.25, 0.3) is 0 Å². The maximum absolute atomic E-state index is 11.7. The fourth-order valence-electron chi connectivity index (χ4n) is 1.26. The van der Waals surface area contributed by atoms with E-state index >= 15 is 0 Å². The summed E-state index contributed by atoms with van der Waals surface area (Å²) < 4.78 is 28.3. The van der Waals surface area contributed by atoms with Crippen molar-refractivity contribution in [2.75, 3.05) is 18.9 Å². The van der Waals surface area contributed by atoms with Crippen LogP contribution in [0.3, 0.4) is 0 Å². The molecule has 1 aromatic heterocycles. The molecule has 1 rings (SSSR count). The summed E-state index contributed by atoms with van der Waals surface area (Å²) in [5, 5.41) is 17.9. The number of furan rings is 1. The van der Waals surface area contributed by atoms with E-state index in [-0.39, 0.29) is 24.8 Å². The number of aliphatic hydroxyl groups excluding tert-OH is 2. The van der Waals surface area contributed by atoms with Gasteiger partial charge >= 0.3 is 5.90 Å². The molecule has 6 nitrogen and oxygen atoms in total. The Morgan fingerprint density at radius 1 is 1.44 bits per heavy atom. The maximum Gasteiger partial charge on any atom is 0.348 e. The van der Waals surface area contributed by atoms with Crippen molar-refractivity contribution < 1.29 is 28.0 Å². The SMILES string of the molecule is O=S(=O)(CC(O)=[NH+]C/C=C/CO)Cc1ccco1. The molecule has 3 N–H and O–H groups in total. The van der Waals surface area contributed by atoms with Gasteiger partial charge in [0.2, 0.25) is 0 Å². The second kappa shape index (κ2) is 6.97. The van der Waals surface area contributed by atoms with Gasteiger partial charge in [-0.3, -0.25) is 0 Å². The molecule has 0 aliphatic heterocycles. The van der Waals surface area contributed by atoms with E-state index in [9.17, 15) is 13.5 Å². The number of nitrogens with one attached hydrogen (secondary N) is 1. The highest BCUT2D eigenvalue weighted by atomic mass is 32.2. The van der Waals surface area contributed by atoms with Crippen molar-refractivity contribution in [2.45, 2.75) is 5.75 Å². The second-order valence-electron chi connectivity index (χ2n) is 3.59. The van der Waals surface area contributed by atoms with E-state index in [1.54, 1.807) is 18.2 Å². The first-order chi connectivity index (χ1) is 8.53. The molecule has 1 aromatic rings. The van der Waals surface area contributed by atoms with Crippen molar-refractivity contribution in [3.05, 3.63) is 36.3 Å². The van der Waals surface area contributed by atoms with Gasteiger partial charge in [0.1, 0.15) is 11.5 Å². The van der Waals surface area contributed by atoms with Crippen molar-refractivity contribution in [2.24, 2.45) is 0 Å². The van der Waals surface area contributed by atoms with E-state index in [2.05, 4.69) is 4.99 Å². The quantitative estimate of drug-likeness (QED) is 0.329. The van der Waals surface area contributed by atoms with Crippen LogP contribution in [0.4, 0.5) is 0 Å². The van der Waals surface area contributed by atoms with Crippen LogP contribution in [0.5, 0.6) is 0 Å². The summed E-state index contributed by atoms with van der Waals surface area (Å²) in [4.78, 5) is 2.52. The van der Waals surface area contributed by atoms with E-state index in [1.165, 1.54) is 12.3 Å². The highest BCUT2D eigenvalue weighted by Gasteiger charge is 2.19. The molecule has 0 aliphatic rings. The molecule has 0 saturated carbocycles. The van der Waals surface area contributed by atoms with E-state index in [0.717, 1.165) is 0 Å². The summed E-state index contributed by atoms with van der Waals surface area (Å²) in [7, 11) is -3.46. The Morgan fingerprint density at radius 3 is 2.83 bits per heavy atom. The third-order valence-electron chi connectivity index (χ3n) is 1.99. The van der Waals surface area contributed by atoms with Crippen LogP contribution in [0, 0.1) is 0 Å². The lowest BCUT2D eigenvalue weighted by Crippen LogP contribution is -2.74. The molecular formula is C11H16NO5S+. The number of hydrogen-bond acceptors (Lipinski definition) is 4. The molecular weight excluding hydrogens is 258 g/mol. The third-order valence-corrected chi connectivity index (χ3v) is 3.43. The minimum atomic E-state index is -3.46. The molecule has 0 atom stereocenters. The molecule has 0 amide bonds. The summed E-state index contributed by atoms with van der Waals surface area (Å²) in [5.74, 6) is -0.717. The molecule has 0 saturated heterocycles. The van der Waals surface area contributed by atoms with Crippen molar-refractivity contribution in [3.8, 4) is 0 Å².